The van der Waals surface area contributed by atoms with E-state index in [0.29, 0.717) is 19.4 Å². The zero-order valence-corrected chi connectivity index (χ0v) is 14.9. The fourth-order valence-corrected chi connectivity index (χ4v) is 2.86. The van der Waals surface area contributed by atoms with E-state index in [1.165, 1.54) is 0 Å². The van der Waals surface area contributed by atoms with Crippen molar-refractivity contribution in [3.8, 4) is 0 Å². The molecule has 2 aromatic carbocycles. The molecule has 0 aliphatic rings. The maximum Gasteiger partial charge on any atom is 0.242 e. The van der Waals surface area contributed by atoms with Gasteiger partial charge in [0.25, 0.3) is 0 Å². The van der Waals surface area contributed by atoms with E-state index in [0.717, 1.165) is 17.5 Å². The number of nitrogens with zero attached hydrogens (tertiary/aromatic N) is 1. The van der Waals surface area contributed by atoms with E-state index in [9.17, 15) is 9.59 Å². The standard InChI is InChI=1S/C21H26N2O2/c1-3-10-20(24)23(16-18-13-8-5-9-14-18)19(21(25)22-2)15-17-11-6-4-7-12-17/h4-9,11-14,19H,3,10,15-16H2,1-2H3,(H,22,25). The van der Waals surface area contributed by atoms with Crippen molar-refractivity contribution in [1.82, 2.24) is 10.2 Å². The SMILES string of the molecule is CCCC(=O)N(Cc1ccccc1)C(Cc1ccccc1)C(=O)NC. The van der Waals surface area contributed by atoms with Gasteiger partial charge in [0.15, 0.2) is 0 Å². The minimum atomic E-state index is -0.522. The Hall–Kier alpha value is -2.62. The first-order valence-electron chi connectivity index (χ1n) is 8.74. The van der Waals surface area contributed by atoms with Crippen LogP contribution in [-0.4, -0.2) is 29.8 Å². The van der Waals surface area contributed by atoms with Gasteiger partial charge < -0.3 is 10.2 Å². The van der Waals surface area contributed by atoms with Crippen LogP contribution in [0.4, 0.5) is 0 Å². The lowest BCUT2D eigenvalue weighted by Gasteiger charge is -2.31. The van der Waals surface area contributed by atoms with Gasteiger partial charge in [0.2, 0.25) is 11.8 Å². The van der Waals surface area contributed by atoms with Gasteiger partial charge in [-0.2, -0.15) is 0 Å². The monoisotopic (exact) mass is 338 g/mol. The molecule has 0 aliphatic heterocycles. The zero-order chi connectivity index (χ0) is 18.1. The fourth-order valence-electron chi connectivity index (χ4n) is 2.86. The molecule has 0 saturated carbocycles. The zero-order valence-electron chi connectivity index (χ0n) is 14.9. The fraction of sp³-hybridized carbons (Fsp3) is 0.333. The molecule has 25 heavy (non-hydrogen) atoms. The second-order valence-corrected chi connectivity index (χ2v) is 6.08. The van der Waals surface area contributed by atoms with Gasteiger partial charge in [-0.3, -0.25) is 9.59 Å². The van der Waals surface area contributed by atoms with Crippen molar-refractivity contribution >= 4 is 11.8 Å². The van der Waals surface area contributed by atoms with Gasteiger partial charge in [-0.15, -0.1) is 0 Å². The van der Waals surface area contributed by atoms with Gasteiger partial charge in [0.05, 0.1) is 0 Å². The highest BCUT2D eigenvalue weighted by Crippen LogP contribution is 2.16. The molecule has 0 heterocycles. The largest absolute Gasteiger partial charge is 0.357 e. The summed E-state index contributed by atoms with van der Waals surface area (Å²) in [6.07, 6.45) is 1.70. The van der Waals surface area contributed by atoms with Crippen LogP contribution in [0.5, 0.6) is 0 Å². The molecule has 2 aromatic rings. The summed E-state index contributed by atoms with van der Waals surface area (Å²) < 4.78 is 0. The molecule has 1 atom stereocenters. The average molecular weight is 338 g/mol. The van der Waals surface area contributed by atoms with Crippen molar-refractivity contribution in [2.45, 2.75) is 38.8 Å². The molecule has 0 fully saturated rings. The third-order valence-electron chi connectivity index (χ3n) is 4.18. The highest BCUT2D eigenvalue weighted by atomic mass is 16.2. The van der Waals surface area contributed by atoms with Crippen molar-refractivity contribution < 1.29 is 9.59 Å². The summed E-state index contributed by atoms with van der Waals surface area (Å²) in [6, 6.07) is 19.1. The van der Waals surface area contributed by atoms with Crippen molar-refractivity contribution in [2.75, 3.05) is 7.05 Å². The number of amides is 2. The Bertz CT molecular complexity index is 671. The Morgan fingerprint density at radius 1 is 0.960 bits per heavy atom. The molecule has 4 heteroatoms. The molecule has 2 amide bonds. The Labute approximate surface area is 149 Å². The van der Waals surface area contributed by atoms with Gasteiger partial charge in [-0.25, -0.2) is 0 Å². The quantitative estimate of drug-likeness (QED) is 0.804. The first kappa shape index (κ1) is 18.7. The maximum absolute atomic E-state index is 12.7. The summed E-state index contributed by atoms with van der Waals surface area (Å²) >= 11 is 0. The number of carbonyl (C=O) groups excluding carboxylic acids is 2. The van der Waals surface area contributed by atoms with Gasteiger partial charge in [-0.05, 0) is 17.5 Å². The Morgan fingerprint density at radius 3 is 2.04 bits per heavy atom. The van der Waals surface area contributed by atoms with Crippen LogP contribution in [0.25, 0.3) is 0 Å². The predicted octanol–water partition coefficient (Wildman–Crippen LogP) is 3.17. The van der Waals surface area contributed by atoms with E-state index < -0.39 is 6.04 Å². The van der Waals surface area contributed by atoms with E-state index in [1.807, 2.05) is 67.6 Å². The summed E-state index contributed by atoms with van der Waals surface area (Å²) in [5.41, 5.74) is 2.06. The van der Waals surface area contributed by atoms with E-state index in [2.05, 4.69) is 5.32 Å². The second kappa shape index (κ2) is 9.62. The molecule has 0 spiro atoms. The molecular formula is C21H26N2O2. The van der Waals surface area contributed by atoms with Crippen molar-refractivity contribution in [3.63, 3.8) is 0 Å². The number of hydrogen-bond acceptors (Lipinski definition) is 2. The number of benzene rings is 2. The van der Waals surface area contributed by atoms with Gasteiger partial charge in [-0.1, -0.05) is 67.6 Å². The lowest BCUT2D eigenvalue weighted by atomic mass is 10.0. The summed E-state index contributed by atoms with van der Waals surface area (Å²) in [7, 11) is 1.62. The molecule has 0 radical (unpaired) electrons. The van der Waals surface area contributed by atoms with E-state index in [-0.39, 0.29) is 11.8 Å². The lowest BCUT2D eigenvalue weighted by Crippen LogP contribution is -2.49. The molecule has 0 bridgehead atoms. The minimum absolute atomic E-state index is 0.0101. The second-order valence-electron chi connectivity index (χ2n) is 6.08. The minimum Gasteiger partial charge on any atom is -0.357 e. The molecule has 4 nitrogen and oxygen atoms in total. The van der Waals surface area contributed by atoms with Gasteiger partial charge in [0, 0.05) is 26.4 Å². The number of likely N-dealkylation sites (N-methyl/N-ethyl adjacent to an activating group) is 1. The summed E-state index contributed by atoms with van der Waals surface area (Å²) in [5, 5.41) is 2.72. The Kier molecular flexibility index (Phi) is 7.20. The molecule has 2 rings (SSSR count). The van der Waals surface area contributed by atoms with Gasteiger partial charge in [0.1, 0.15) is 6.04 Å². The van der Waals surface area contributed by atoms with Crippen LogP contribution in [-0.2, 0) is 22.6 Å². The smallest absolute Gasteiger partial charge is 0.242 e. The van der Waals surface area contributed by atoms with E-state index in [1.54, 1.807) is 11.9 Å². The molecule has 132 valence electrons. The topological polar surface area (TPSA) is 49.4 Å². The molecule has 0 aromatic heterocycles. The van der Waals surface area contributed by atoms with Gasteiger partial charge >= 0.3 is 0 Å². The number of nitrogens with one attached hydrogen (secondary N) is 1. The normalized spacial score (nSPS) is 11.6. The molecular weight excluding hydrogens is 312 g/mol. The van der Waals surface area contributed by atoms with Crippen LogP contribution >= 0.6 is 0 Å². The van der Waals surface area contributed by atoms with Crippen LogP contribution in [0.3, 0.4) is 0 Å². The van der Waals surface area contributed by atoms with Crippen molar-refractivity contribution in [2.24, 2.45) is 0 Å². The Balaban J connectivity index is 2.30. The summed E-state index contributed by atoms with van der Waals surface area (Å²) in [6.45, 7) is 2.41. The van der Waals surface area contributed by atoms with Crippen molar-refractivity contribution in [3.05, 3.63) is 71.8 Å². The first-order chi connectivity index (χ1) is 12.2. The highest BCUT2D eigenvalue weighted by Gasteiger charge is 2.29. The lowest BCUT2D eigenvalue weighted by molar-refractivity contribution is -0.141. The van der Waals surface area contributed by atoms with Crippen LogP contribution in [0.15, 0.2) is 60.7 Å². The molecule has 0 saturated heterocycles. The molecule has 1 N–H and O–H groups in total. The van der Waals surface area contributed by atoms with E-state index >= 15 is 0 Å². The number of rotatable bonds is 8. The molecule has 1 unspecified atom stereocenters. The van der Waals surface area contributed by atoms with Crippen LogP contribution in [0.2, 0.25) is 0 Å². The van der Waals surface area contributed by atoms with Crippen molar-refractivity contribution in [1.29, 1.82) is 0 Å². The summed E-state index contributed by atoms with van der Waals surface area (Å²) in [5.74, 6) is -0.125. The van der Waals surface area contributed by atoms with E-state index in [4.69, 9.17) is 0 Å². The highest BCUT2D eigenvalue weighted by molar-refractivity contribution is 5.87. The maximum atomic E-state index is 12.7. The number of carbonyl (C=O) groups is 2. The Morgan fingerprint density at radius 2 is 1.52 bits per heavy atom. The predicted molar refractivity (Wildman–Crippen MR) is 99.9 cm³/mol. The number of hydrogen-bond donors (Lipinski definition) is 1. The van der Waals surface area contributed by atoms with Crippen LogP contribution in [0, 0.1) is 0 Å². The first-order valence-corrected chi connectivity index (χ1v) is 8.74. The summed E-state index contributed by atoms with van der Waals surface area (Å²) in [4.78, 5) is 27.0. The third-order valence-corrected chi connectivity index (χ3v) is 4.18. The van der Waals surface area contributed by atoms with Crippen LogP contribution < -0.4 is 5.32 Å². The average Bonchev–Trinajstić information content (AvgIpc) is 2.65. The van der Waals surface area contributed by atoms with Crippen LogP contribution in [0.1, 0.15) is 30.9 Å². The third kappa shape index (κ3) is 5.45. The molecule has 0 aliphatic carbocycles.